The average Bonchev–Trinajstić information content (AvgIpc) is 2.30. The molecular weight excluding hydrogens is 224 g/mol. The maximum Gasteiger partial charge on any atom is 0.192 e. The molecule has 0 heterocycles. The third-order valence-corrected chi connectivity index (χ3v) is 8.57. The van der Waals surface area contributed by atoms with E-state index >= 15 is 0 Å². The molecule has 0 bridgehead atoms. The van der Waals surface area contributed by atoms with E-state index in [4.69, 9.17) is 4.43 Å². The molecule has 0 aromatic carbocycles. The standard InChI is InChI=1S/C15H34OSi/c1-5-9-10-11-12-16-17(13-6-2,14-7-3)15-8-4/h5-15H2,1-4H3. The Balaban J connectivity index is 4.05. The summed E-state index contributed by atoms with van der Waals surface area (Å²) < 4.78 is 6.44. The van der Waals surface area contributed by atoms with Gasteiger partial charge in [-0.25, -0.2) is 0 Å². The van der Waals surface area contributed by atoms with Crippen molar-refractivity contribution in [1.82, 2.24) is 0 Å². The Bertz CT molecular complexity index is 142. The van der Waals surface area contributed by atoms with Gasteiger partial charge in [-0.15, -0.1) is 0 Å². The van der Waals surface area contributed by atoms with Gasteiger partial charge in [0.25, 0.3) is 0 Å². The van der Waals surface area contributed by atoms with Crippen LogP contribution in [0.2, 0.25) is 18.1 Å². The SMILES string of the molecule is CCCCCCO[Si](CCC)(CCC)CCC. The Labute approximate surface area is 110 Å². The van der Waals surface area contributed by atoms with Gasteiger partial charge in [-0.1, -0.05) is 66.2 Å². The van der Waals surface area contributed by atoms with E-state index in [9.17, 15) is 0 Å². The molecule has 0 radical (unpaired) electrons. The number of hydrogen-bond donors (Lipinski definition) is 0. The van der Waals surface area contributed by atoms with Crippen LogP contribution in [0.5, 0.6) is 0 Å². The largest absolute Gasteiger partial charge is 0.417 e. The lowest BCUT2D eigenvalue weighted by Crippen LogP contribution is -2.38. The Morgan fingerprint density at radius 2 is 1.18 bits per heavy atom. The summed E-state index contributed by atoms with van der Waals surface area (Å²) in [6.45, 7) is 10.2. The first-order valence-electron chi connectivity index (χ1n) is 7.88. The number of hydrogen-bond acceptors (Lipinski definition) is 1. The summed E-state index contributed by atoms with van der Waals surface area (Å²) in [6, 6.07) is 4.13. The Morgan fingerprint density at radius 3 is 1.59 bits per heavy atom. The van der Waals surface area contributed by atoms with E-state index in [0.29, 0.717) is 0 Å². The maximum absolute atomic E-state index is 6.44. The fraction of sp³-hybridized carbons (Fsp3) is 1.00. The van der Waals surface area contributed by atoms with Crippen LogP contribution in [0, 0.1) is 0 Å². The minimum Gasteiger partial charge on any atom is -0.417 e. The summed E-state index contributed by atoms with van der Waals surface area (Å²) in [4.78, 5) is 0. The molecule has 0 saturated heterocycles. The Hall–Kier alpha value is 0.177. The summed E-state index contributed by atoms with van der Waals surface area (Å²) in [7, 11) is -1.36. The van der Waals surface area contributed by atoms with Crippen LogP contribution < -0.4 is 0 Å². The van der Waals surface area contributed by atoms with E-state index in [1.807, 2.05) is 0 Å². The topological polar surface area (TPSA) is 9.23 Å². The van der Waals surface area contributed by atoms with Crippen LogP contribution in [0.15, 0.2) is 0 Å². The Morgan fingerprint density at radius 1 is 0.647 bits per heavy atom. The predicted molar refractivity (Wildman–Crippen MR) is 81.1 cm³/mol. The summed E-state index contributed by atoms with van der Waals surface area (Å²) in [5, 5.41) is 0. The average molecular weight is 259 g/mol. The second-order valence-corrected chi connectivity index (χ2v) is 9.50. The van der Waals surface area contributed by atoms with E-state index in [1.54, 1.807) is 0 Å². The maximum atomic E-state index is 6.44. The quantitative estimate of drug-likeness (QED) is 0.319. The first-order valence-corrected chi connectivity index (χ1v) is 10.4. The first-order chi connectivity index (χ1) is 8.24. The van der Waals surface area contributed by atoms with Crippen LogP contribution >= 0.6 is 0 Å². The molecule has 17 heavy (non-hydrogen) atoms. The van der Waals surface area contributed by atoms with Gasteiger partial charge < -0.3 is 4.43 Å². The fourth-order valence-electron chi connectivity index (χ4n) is 2.78. The molecule has 1 nitrogen and oxygen atoms in total. The molecule has 0 amide bonds. The van der Waals surface area contributed by atoms with Crippen molar-refractivity contribution in [3.8, 4) is 0 Å². The van der Waals surface area contributed by atoms with Crippen molar-refractivity contribution in [1.29, 1.82) is 0 Å². The molecule has 0 fully saturated rings. The summed E-state index contributed by atoms with van der Waals surface area (Å²) in [5.74, 6) is 0. The highest BCUT2D eigenvalue weighted by Crippen LogP contribution is 2.27. The van der Waals surface area contributed by atoms with Gasteiger partial charge in [-0.2, -0.15) is 0 Å². The van der Waals surface area contributed by atoms with Crippen molar-refractivity contribution >= 4 is 8.32 Å². The van der Waals surface area contributed by atoms with E-state index in [1.165, 1.54) is 63.1 Å². The normalized spacial score (nSPS) is 12.0. The molecule has 0 saturated carbocycles. The molecule has 0 atom stereocenters. The summed E-state index contributed by atoms with van der Waals surface area (Å²) >= 11 is 0. The molecular formula is C15H34OSi. The number of unbranched alkanes of at least 4 members (excludes halogenated alkanes) is 3. The van der Waals surface area contributed by atoms with Crippen LogP contribution in [0.1, 0.15) is 72.6 Å². The fourth-order valence-corrected chi connectivity index (χ4v) is 7.27. The van der Waals surface area contributed by atoms with Crippen molar-refractivity contribution < 1.29 is 4.43 Å². The van der Waals surface area contributed by atoms with E-state index in [0.717, 1.165) is 6.61 Å². The second-order valence-electron chi connectivity index (χ2n) is 5.34. The molecule has 0 aliphatic carbocycles. The van der Waals surface area contributed by atoms with Gasteiger partial charge in [0.05, 0.1) is 0 Å². The molecule has 0 aromatic heterocycles. The highest BCUT2D eigenvalue weighted by Gasteiger charge is 2.31. The first kappa shape index (κ1) is 17.2. The third-order valence-electron chi connectivity index (χ3n) is 3.52. The molecule has 0 spiro atoms. The summed E-state index contributed by atoms with van der Waals surface area (Å²) in [6.07, 6.45) is 9.24. The van der Waals surface area contributed by atoms with Crippen LogP contribution in [0.3, 0.4) is 0 Å². The smallest absolute Gasteiger partial charge is 0.192 e. The monoisotopic (exact) mass is 258 g/mol. The zero-order valence-corrected chi connectivity index (χ0v) is 13.7. The van der Waals surface area contributed by atoms with Crippen molar-refractivity contribution in [2.24, 2.45) is 0 Å². The zero-order chi connectivity index (χ0) is 13.0. The highest BCUT2D eigenvalue weighted by molar-refractivity contribution is 6.73. The molecule has 2 heteroatoms. The van der Waals surface area contributed by atoms with Crippen LogP contribution in [-0.4, -0.2) is 14.9 Å². The van der Waals surface area contributed by atoms with Crippen molar-refractivity contribution in [2.45, 2.75) is 90.8 Å². The molecule has 0 aliphatic rings. The minimum atomic E-state index is -1.36. The molecule has 0 N–H and O–H groups in total. The van der Waals surface area contributed by atoms with E-state index < -0.39 is 8.32 Å². The van der Waals surface area contributed by atoms with Crippen molar-refractivity contribution in [2.75, 3.05) is 6.61 Å². The lowest BCUT2D eigenvalue weighted by Gasteiger charge is -2.31. The van der Waals surface area contributed by atoms with Gasteiger partial charge in [0.15, 0.2) is 8.32 Å². The van der Waals surface area contributed by atoms with Crippen LogP contribution in [0.4, 0.5) is 0 Å². The van der Waals surface area contributed by atoms with Crippen molar-refractivity contribution in [3.05, 3.63) is 0 Å². The van der Waals surface area contributed by atoms with Crippen molar-refractivity contribution in [3.63, 3.8) is 0 Å². The zero-order valence-electron chi connectivity index (χ0n) is 12.7. The molecule has 0 unspecified atom stereocenters. The summed E-state index contributed by atoms with van der Waals surface area (Å²) in [5.41, 5.74) is 0. The molecule has 104 valence electrons. The third kappa shape index (κ3) is 7.99. The lowest BCUT2D eigenvalue weighted by atomic mass is 10.2. The molecule has 0 aliphatic heterocycles. The van der Waals surface area contributed by atoms with Gasteiger partial charge in [0.1, 0.15) is 0 Å². The van der Waals surface area contributed by atoms with E-state index in [-0.39, 0.29) is 0 Å². The minimum absolute atomic E-state index is 1.03. The molecule has 0 aromatic rings. The predicted octanol–water partition coefficient (Wildman–Crippen LogP) is 5.76. The lowest BCUT2D eigenvalue weighted by molar-refractivity contribution is 0.284. The van der Waals surface area contributed by atoms with E-state index in [2.05, 4.69) is 27.7 Å². The van der Waals surface area contributed by atoms with Gasteiger partial charge in [-0.3, -0.25) is 0 Å². The van der Waals surface area contributed by atoms with Crippen LogP contribution in [0.25, 0.3) is 0 Å². The van der Waals surface area contributed by atoms with Gasteiger partial charge >= 0.3 is 0 Å². The Kier molecular flexibility index (Phi) is 11.4. The van der Waals surface area contributed by atoms with Gasteiger partial charge in [-0.05, 0) is 24.6 Å². The number of rotatable bonds is 12. The van der Waals surface area contributed by atoms with Gasteiger partial charge in [0, 0.05) is 6.61 Å². The second kappa shape index (κ2) is 11.3. The van der Waals surface area contributed by atoms with Gasteiger partial charge in [0.2, 0.25) is 0 Å². The van der Waals surface area contributed by atoms with Crippen LogP contribution in [-0.2, 0) is 4.43 Å². The highest BCUT2D eigenvalue weighted by atomic mass is 28.4. The molecule has 0 rings (SSSR count).